The third-order valence-corrected chi connectivity index (χ3v) is 2.05. The molecule has 0 aliphatic carbocycles. The van der Waals surface area contributed by atoms with E-state index in [0.29, 0.717) is 6.42 Å². The predicted molar refractivity (Wildman–Crippen MR) is 55.5 cm³/mol. The number of carbonyl (C=O) groups excluding carboxylic acids is 1. The molecule has 0 saturated carbocycles. The van der Waals surface area contributed by atoms with Crippen LogP contribution in [0.1, 0.15) is 6.42 Å². The Morgan fingerprint density at radius 1 is 1.54 bits per heavy atom. The predicted octanol–water partition coefficient (Wildman–Crippen LogP) is 0.0344. The molecule has 0 spiro atoms. The second-order valence-electron chi connectivity index (χ2n) is 2.97. The maximum atomic E-state index is 11.1. The molecule has 0 bridgehead atoms. The highest BCUT2D eigenvalue weighted by Gasteiger charge is 2.32. The summed E-state index contributed by atoms with van der Waals surface area (Å²) in [6, 6.07) is -0.0147. The van der Waals surface area contributed by atoms with Crippen LogP contribution in [0.5, 0.6) is 0 Å². The summed E-state index contributed by atoms with van der Waals surface area (Å²) >= 11 is 0. The number of likely N-dealkylation sites (N-methyl/N-ethyl adjacent to an activating group) is 1. The number of esters is 1. The highest BCUT2D eigenvalue weighted by atomic mass is 35.5. The van der Waals surface area contributed by atoms with Crippen LogP contribution in [0.15, 0.2) is 0 Å². The van der Waals surface area contributed by atoms with Crippen LogP contribution in [0.4, 0.5) is 0 Å². The molecule has 1 fully saturated rings. The van der Waals surface area contributed by atoms with Gasteiger partial charge >= 0.3 is 5.97 Å². The number of ether oxygens (including phenoxy) is 1. The molecule has 2 atom stereocenters. The van der Waals surface area contributed by atoms with E-state index in [9.17, 15) is 4.79 Å². The topological polar surface area (TPSA) is 55.6 Å². The molecule has 4 nitrogen and oxygen atoms in total. The lowest BCUT2D eigenvalue weighted by Crippen LogP contribution is -2.33. The standard InChI is InChI=1S/C7H14N2O2.2ClH/c1-9-4-5(8)3-6(9)7(10)11-2;;/h5-6H,3-4,8H2,1-2H3;2*1H. The van der Waals surface area contributed by atoms with Gasteiger partial charge in [0.05, 0.1) is 7.11 Å². The average molecular weight is 231 g/mol. The first kappa shape index (κ1) is 15.4. The number of rotatable bonds is 1. The minimum atomic E-state index is -0.180. The van der Waals surface area contributed by atoms with E-state index < -0.39 is 0 Å². The molecular formula is C7H16Cl2N2O2. The number of carbonyl (C=O) groups is 1. The molecule has 0 aromatic carbocycles. The Labute approximate surface area is 90.6 Å². The molecule has 0 radical (unpaired) electrons. The van der Waals surface area contributed by atoms with Crippen molar-refractivity contribution in [3.8, 4) is 0 Å². The quantitative estimate of drug-likeness (QED) is 0.647. The largest absolute Gasteiger partial charge is 0.468 e. The molecule has 6 heteroatoms. The van der Waals surface area contributed by atoms with Crippen LogP contribution in [-0.4, -0.2) is 43.7 Å². The third kappa shape index (κ3) is 3.68. The van der Waals surface area contributed by atoms with E-state index in [0.717, 1.165) is 6.54 Å². The molecule has 0 amide bonds. The summed E-state index contributed by atoms with van der Waals surface area (Å²) in [6.07, 6.45) is 0.711. The summed E-state index contributed by atoms with van der Waals surface area (Å²) in [7, 11) is 3.29. The van der Waals surface area contributed by atoms with Gasteiger partial charge in [-0.3, -0.25) is 9.69 Å². The second kappa shape index (κ2) is 6.43. The lowest BCUT2D eigenvalue weighted by Gasteiger charge is -2.15. The fourth-order valence-electron chi connectivity index (χ4n) is 1.45. The van der Waals surface area contributed by atoms with Gasteiger partial charge in [-0.25, -0.2) is 0 Å². The Hall–Kier alpha value is -0.0300. The molecule has 1 aliphatic heterocycles. The van der Waals surface area contributed by atoms with Crippen LogP contribution in [0, 0.1) is 0 Å². The Balaban J connectivity index is 0. The second-order valence-corrected chi connectivity index (χ2v) is 2.97. The van der Waals surface area contributed by atoms with Crippen LogP contribution < -0.4 is 5.73 Å². The number of hydrogen-bond acceptors (Lipinski definition) is 4. The maximum absolute atomic E-state index is 11.1. The first-order valence-corrected chi connectivity index (χ1v) is 3.68. The lowest BCUT2D eigenvalue weighted by molar-refractivity contribution is -0.145. The molecule has 2 N–H and O–H groups in total. The monoisotopic (exact) mass is 230 g/mol. The molecule has 0 aromatic heterocycles. The van der Waals surface area contributed by atoms with Crippen LogP contribution in [0.2, 0.25) is 0 Å². The Kier molecular flexibility index (Phi) is 7.64. The highest BCUT2D eigenvalue weighted by Crippen LogP contribution is 2.14. The number of likely N-dealkylation sites (tertiary alicyclic amines) is 1. The summed E-state index contributed by atoms with van der Waals surface area (Å²) in [4.78, 5) is 13.0. The van der Waals surface area contributed by atoms with Crippen molar-refractivity contribution < 1.29 is 9.53 Å². The molecule has 1 aliphatic rings. The Morgan fingerprint density at radius 2 is 2.08 bits per heavy atom. The van der Waals surface area contributed by atoms with Gasteiger partial charge in [0.15, 0.2) is 0 Å². The smallest absolute Gasteiger partial charge is 0.323 e. The van der Waals surface area contributed by atoms with Crippen LogP contribution in [-0.2, 0) is 9.53 Å². The van der Waals surface area contributed by atoms with Crippen LogP contribution in [0.3, 0.4) is 0 Å². The minimum Gasteiger partial charge on any atom is -0.468 e. The first-order valence-electron chi connectivity index (χ1n) is 3.68. The van der Waals surface area contributed by atoms with Crippen LogP contribution in [0.25, 0.3) is 0 Å². The van der Waals surface area contributed by atoms with Crippen LogP contribution >= 0.6 is 24.8 Å². The van der Waals surface area contributed by atoms with Crippen molar-refractivity contribution in [2.75, 3.05) is 20.7 Å². The maximum Gasteiger partial charge on any atom is 0.323 e. The Morgan fingerprint density at radius 3 is 2.38 bits per heavy atom. The molecule has 1 saturated heterocycles. The zero-order chi connectivity index (χ0) is 8.43. The molecule has 13 heavy (non-hydrogen) atoms. The number of halogens is 2. The fourth-order valence-corrected chi connectivity index (χ4v) is 1.45. The van der Waals surface area contributed by atoms with E-state index in [-0.39, 0.29) is 42.9 Å². The number of nitrogens with zero attached hydrogens (tertiary/aromatic N) is 1. The fraction of sp³-hybridized carbons (Fsp3) is 0.857. The van der Waals surface area contributed by atoms with Gasteiger partial charge in [-0.2, -0.15) is 0 Å². The number of hydrogen-bond donors (Lipinski definition) is 1. The van der Waals surface area contributed by atoms with E-state index in [4.69, 9.17) is 5.73 Å². The third-order valence-electron chi connectivity index (χ3n) is 2.05. The average Bonchev–Trinajstić information content (AvgIpc) is 2.28. The van der Waals surface area contributed by atoms with Crippen molar-refractivity contribution in [3.05, 3.63) is 0 Å². The molecule has 1 rings (SSSR count). The van der Waals surface area contributed by atoms with Gasteiger partial charge in [0, 0.05) is 12.6 Å². The molecule has 0 aromatic rings. The van der Waals surface area contributed by atoms with Crippen molar-refractivity contribution >= 4 is 30.8 Å². The Bertz CT molecular complexity index is 169. The van der Waals surface area contributed by atoms with Crippen molar-refractivity contribution in [2.24, 2.45) is 5.73 Å². The lowest BCUT2D eigenvalue weighted by atomic mass is 10.2. The molecule has 1 heterocycles. The summed E-state index contributed by atoms with van der Waals surface area (Å²) < 4.78 is 4.62. The highest BCUT2D eigenvalue weighted by molar-refractivity contribution is 5.85. The van der Waals surface area contributed by atoms with Gasteiger partial charge in [0.1, 0.15) is 6.04 Å². The normalized spacial score (nSPS) is 27.3. The van der Waals surface area contributed by atoms with Gasteiger partial charge in [-0.15, -0.1) is 24.8 Å². The van der Waals surface area contributed by atoms with Crippen molar-refractivity contribution in [1.82, 2.24) is 4.90 Å². The molecular weight excluding hydrogens is 215 g/mol. The SMILES string of the molecule is COC(=O)C1CC(N)CN1C.Cl.Cl. The summed E-state index contributed by atoms with van der Waals surface area (Å²) in [6.45, 7) is 0.778. The molecule has 80 valence electrons. The minimum absolute atomic E-state index is 0. The van der Waals surface area contributed by atoms with E-state index in [2.05, 4.69) is 4.74 Å². The van der Waals surface area contributed by atoms with Crippen molar-refractivity contribution in [1.29, 1.82) is 0 Å². The van der Waals surface area contributed by atoms with Gasteiger partial charge in [-0.1, -0.05) is 0 Å². The number of methoxy groups -OCH3 is 1. The van der Waals surface area contributed by atoms with Gasteiger partial charge in [-0.05, 0) is 13.5 Å². The summed E-state index contributed by atoms with van der Waals surface area (Å²) in [5, 5.41) is 0. The summed E-state index contributed by atoms with van der Waals surface area (Å²) in [5.74, 6) is -0.180. The van der Waals surface area contributed by atoms with Crippen molar-refractivity contribution in [2.45, 2.75) is 18.5 Å². The van der Waals surface area contributed by atoms with Gasteiger partial charge in [0.2, 0.25) is 0 Å². The number of nitrogens with two attached hydrogens (primary N) is 1. The van der Waals surface area contributed by atoms with E-state index in [1.165, 1.54) is 7.11 Å². The van der Waals surface area contributed by atoms with Gasteiger partial charge in [0.25, 0.3) is 0 Å². The van der Waals surface area contributed by atoms with E-state index in [1.54, 1.807) is 0 Å². The zero-order valence-corrected chi connectivity index (χ0v) is 9.36. The first-order chi connectivity index (χ1) is 5.15. The van der Waals surface area contributed by atoms with E-state index >= 15 is 0 Å². The molecule has 2 unspecified atom stereocenters. The van der Waals surface area contributed by atoms with E-state index in [1.807, 2.05) is 11.9 Å². The summed E-state index contributed by atoms with van der Waals surface area (Å²) in [5.41, 5.74) is 5.66. The van der Waals surface area contributed by atoms with Crippen molar-refractivity contribution in [3.63, 3.8) is 0 Å². The zero-order valence-electron chi connectivity index (χ0n) is 7.73. The van der Waals surface area contributed by atoms with Gasteiger partial charge < -0.3 is 10.5 Å².